The molecular weight excluding hydrogens is 204 g/mol. The number of hydrogen-bond acceptors (Lipinski definition) is 4. The Labute approximate surface area is 96.7 Å². The van der Waals surface area contributed by atoms with Crippen molar-refractivity contribution in [3.05, 3.63) is 24.0 Å². The molecule has 0 spiro atoms. The predicted molar refractivity (Wildman–Crippen MR) is 63.4 cm³/mol. The summed E-state index contributed by atoms with van der Waals surface area (Å²) in [6.07, 6.45) is 2.37. The van der Waals surface area contributed by atoms with Gasteiger partial charge in [-0.25, -0.2) is 0 Å². The molecule has 0 bridgehead atoms. The standard InChI is InChI=1S/C12H20N2O2/c1-10(2)13-8-11-4-5-12(9-14-11)16-7-3-6-15/h4-5,9-10,13,15H,3,6-8H2,1-2H3. The lowest BCUT2D eigenvalue weighted by atomic mass is 10.3. The number of ether oxygens (including phenoxy) is 1. The summed E-state index contributed by atoms with van der Waals surface area (Å²) in [4.78, 5) is 4.28. The lowest BCUT2D eigenvalue weighted by Crippen LogP contribution is -2.22. The van der Waals surface area contributed by atoms with E-state index >= 15 is 0 Å². The lowest BCUT2D eigenvalue weighted by Gasteiger charge is -2.08. The molecule has 1 heterocycles. The van der Waals surface area contributed by atoms with Crippen LogP contribution in [0.5, 0.6) is 5.75 Å². The van der Waals surface area contributed by atoms with Crippen molar-refractivity contribution in [2.24, 2.45) is 0 Å². The van der Waals surface area contributed by atoms with Crippen LogP contribution in [0.1, 0.15) is 26.0 Å². The van der Waals surface area contributed by atoms with Crippen LogP contribution in [0.15, 0.2) is 18.3 Å². The van der Waals surface area contributed by atoms with E-state index in [-0.39, 0.29) is 6.61 Å². The molecule has 0 radical (unpaired) electrons. The Bertz CT molecular complexity index is 286. The monoisotopic (exact) mass is 224 g/mol. The van der Waals surface area contributed by atoms with E-state index in [4.69, 9.17) is 9.84 Å². The second-order valence-corrected chi connectivity index (χ2v) is 3.95. The Kier molecular flexibility index (Phi) is 5.82. The van der Waals surface area contributed by atoms with Gasteiger partial charge in [0.1, 0.15) is 5.75 Å². The van der Waals surface area contributed by atoms with Gasteiger partial charge in [0.15, 0.2) is 0 Å². The van der Waals surface area contributed by atoms with Gasteiger partial charge in [-0.15, -0.1) is 0 Å². The molecular formula is C12H20N2O2. The van der Waals surface area contributed by atoms with Gasteiger partial charge in [0.2, 0.25) is 0 Å². The normalized spacial score (nSPS) is 10.8. The molecule has 0 aliphatic carbocycles. The van der Waals surface area contributed by atoms with Gasteiger partial charge in [-0.2, -0.15) is 0 Å². The second-order valence-electron chi connectivity index (χ2n) is 3.95. The van der Waals surface area contributed by atoms with E-state index < -0.39 is 0 Å². The van der Waals surface area contributed by atoms with Crippen LogP contribution in [0.2, 0.25) is 0 Å². The summed E-state index contributed by atoms with van der Waals surface area (Å²) in [6.45, 7) is 5.67. The maximum atomic E-state index is 8.61. The topological polar surface area (TPSA) is 54.4 Å². The third kappa shape index (κ3) is 5.09. The number of hydrogen-bond donors (Lipinski definition) is 2. The molecule has 0 saturated heterocycles. The highest BCUT2D eigenvalue weighted by atomic mass is 16.5. The van der Waals surface area contributed by atoms with Crippen molar-refractivity contribution in [3.63, 3.8) is 0 Å². The number of rotatable bonds is 7. The highest BCUT2D eigenvalue weighted by molar-refractivity contribution is 5.19. The Morgan fingerprint density at radius 1 is 1.44 bits per heavy atom. The zero-order chi connectivity index (χ0) is 11.8. The molecule has 4 nitrogen and oxygen atoms in total. The van der Waals surface area contributed by atoms with Gasteiger partial charge < -0.3 is 15.2 Å². The zero-order valence-corrected chi connectivity index (χ0v) is 9.94. The van der Waals surface area contributed by atoms with Crippen LogP contribution in [-0.4, -0.2) is 29.3 Å². The van der Waals surface area contributed by atoms with Crippen LogP contribution in [0.3, 0.4) is 0 Å². The molecule has 1 aromatic rings. The van der Waals surface area contributed by atoms with Crippen molar-refractivity contribution >= 4 is 0 Å². The van der Waals surface area contributed by atoms with Crippen LogP contribution >= 0.6 is 0 Å². The van der Waals surface area contributed by atoms with Crippen LogP contribution in [-0.2, 0) is 6.54 Å². The Morgan fingerprint density at radius 3 is 2.81 bits per heavy atom. The van der Waals surface area contributed by atoms with Crippen molar-refractivity contribution < 1.29 is 9.84 Å². The minimum atomic E-state index is 0.157. The van der Waals surface area contributed by atoms with E-state index in [0.29, 0.717) is 19.1 Å². The van der Waals surface area contributed by atoms with Gasteiger partial charge >= 0.3 is 0 Å². The first-order valence-electron chi connectivity index (χ1n) is 5.64. The molecule has 90 valence electrons. The molecule has 0 unspecified atom stereocenters. The van der Waals surface area contributed by atoms with E-state index in [9.17, 15) is 0 Å². The fourth-order valence-electron chi connectivity index (χ4n) is 1.16. The lowest BCUT2D eigenvalue weighted by molar-refractivity contribution is 0.233. The molecule has 0 aromatic carbocycles. The van der Waals surface area contributed by atoms with Crippen molar-refractivity contribution in [1.29, 1.82) is 0 Å². The number of nitrogens with one attached hydrogen (secondary N) is 1. The summed E-state index contributed by atoms with van der Waals surface area (Å²) in [7, 11) is 0. The maximum absolute atomic E-state index is 8.61. The van der Waals surface area contributed by atoms with Crippen LogP contribution in [0, 0.1) is 0 Å². The molecule has 1 aromatic heterocycles. The minimum Gasteiger partial charge on any atom is -0.492 e. The Hall–Kier alpha value is -1.13. The van der Waals surface area contributed by atoms with Crippen LogP contribution in [0.25, 0.3) is 0 Å². The number of aliphatic hydroxyl groups excluding tert-OH is 1. The van der Waals surface area contributed by atoms with Gasteiger partial charge in [-0.3, -0.25) is 4.98 Å². The SMILES string of the molecule is CC(C)NCc1ccc(OCCCO)cn1. The second kappa shape index (κ2) is 7.19. The van der Waals surface area contributed by atoms with Gasteiger partial charge in [0, 0.05) is 25.6 Å². The molecule has 1 rings (SSSR count). The molecule has 0 amide bonds. The first-order valence-corrected chi connectivity index (χ1v) is 5.64. The van der Waals surface area contributed by atoms with E-state index in [2.05, 4.69) is 24.1 Å². The maximum Gasteiger partial charge on any atom is 0.137 e. The molecule has 2 N–H and O–H groups in total. The first-order chi connectivity index (χ1) is 7.72. The summed E-state index contributed by atoms with van der Waals surface area (Å²) in [5.74, 6) is 0.752. The van der Waals surface area contributed by atoms with E-state index in [1.807, 2.05) is 12.1 Å². The fraction of sp³-hybridized carbons (Fsp3) is 0.583. The molecule has 0 fully saturated rings. The first kappa shape index (κ1) is 12.9. The largest absolute Gasteiger partial charge is 0.492 e. The van der Waals surface area contributed by atoms with Crippen LogP contribution in [0.4, 0.5) is 0 Å². The van der Waals surface area contributed by atoms with E-state index in [1.54, 1.807) is 6.20 Å². The highest BCUT2D eigenvalue weighted by Crippen LogP contribution is 2.09. The highest BCUT2D eigenvalue weighted by Gasteiger charge is 1.98. The number of pyridine rings is 1. The average Bonchev–Trinajstić information content (AvgIpc) is 2.28. The van der Waals surface area contributed by atoms with Crippen molar-refractivity contribution in [3.8, 4) is 5.75 Å². The molecule has 0 aliphatic rings. The van der Waals surface area contributed by atoms with Crippen molar-refractivity contribution in [2.75, 3.05) is 13.2 Å². The number of aliphatic hydroxyl groups is 1. The number of aromatic nitrogens is 1. The zero-order valence-electron chi connectivity index (χ0n) is 9.94. The summed E-state index contributed by atoms with van der Waals surface area (Å²) >= 11 is 0. The smallest absolute Gasteiger partial charge is 0.137 e. The van der Waals surface area contributed by atoms with Gasteiger partial charge in [0.25, 0.3) is 0 Å². The van der Waals surface area contributed by atoms with Crippen molar-refractivity contribution in [1.82, 2.24) is 10.3 Å². The molecule has 0 aliphatic heterocycles. The summed E-state index contributed by atoms with van der Waals surface area (Å²) in [5, 5.41) is 11.9. The Balaban J connectivity index is 2.35. The molecule has 0 saturated carbocycles. The van der Waals surface area contributed by atoms with Gasteiger partial charge in [-0.05, 0) is 12.1 Å². The molecule has 16 heavy (non-hydrogen) atoms. The van der Waals surface area contributed by atoms with Gasteiger partial charge in [0.05, 0.1) is 18.5 Å². The summed E-state index contributed by atoms with van der Waals surface area (Å²) in [6, 6.07) is 4.31. The van der Waals surface area contributed by atoms with Gasteiger partial charge in [-0.1, -0.05) is 13.8 Å². The summed E-state index contributed by atoms with van der Waals surface area (Å²) < 4.78 is 5.38. The third-order valence-electron chi connectivity index (χ3n) is 2.06. The molecule has 0 atom stereocenters. The Morgan fingerprint density at radius 2 is 2.25 bits per heavy atom. The summed E-state index contributed by atoms with van der Waals surface area (Å²) in [5.41, 5.74) is 1.00. The van der Waals surface area contributed by atoms with Crippen molar-refractivity contribution in [2.45, 2.75) is 32.9 Å². The fourth-order valence-corrected chi connectivity index (χ4v) is 1.16. The minimum absolute atomic E-state index is 0.157. The van der Waals surface area contributed by atoms with E-state index in [0.717, 1.165) is 18.0 Å². The predicted octanol–water partition coefficient (Wildman–Crippen LogP) is 1.34. The number of nitrogens with zero attached hydrogens (tertiary/aromatic N) is 1. The quantitative estimate of drug-likeness (QED) is 0.686. The van der Waals surface area contributed by atoms with Crippen LogP contribution < -0.4 is 10.1 Å². The average molecular weight is 224 g/mol. The van der Waals surface area contributed by atoms with E-state index in [1.165, 1.54) is 0 Å². The third-order valence-corrected chi connectivity index (χ3v) is 2.06. The molecule has 4 heteroatoms.